The van der Waals surface area contributed by atoms with E-state index in [1.54, 1.807) is 18.9 Å². The van der Waals surface area contributed by atoms with Gasteiger partial charge in [0.15, 0.2) is 0 Å². The molecule has 1 N–H and O–H groups in total. The fraction of sp³-hybridized carbons (Fsp3) is 0.611. The molecule has 0 aliphatic carbocycles. The molecule has 0 spiro atoms. The van der Waals surface area contributed by atoms with Gasteiger partial charge in [-0.15, -0.1) is 0 Å². The van der Waals surface area contributed by atoms with Gasteiger partial charge in [-0.25, -0.2) is 0 Å². The molecule has 0 radical (unpaired) electrons. The highest BCUT2D eigenvalue weighted by molar-refractivity contribution is 5.76. The van der Waals surface area contributed by atoms with E-state index in [4.69, 9.17) is 0 Å². The van der Waals surface area contributed by atoms with Crippen LogP contribution in [0.15, 0.2) is 24.3 Å². The molecule has 1 amide bonds. The number of hydrogen-bond acceptors (Lipinski definition) is 2. The van der Waals surface area contributed by atoms with Gasteiger partial charge < -0.3 is 10.0 Å². The van der Waals surface area contributed by atoms with Crippen LogP contribution in [0.25, 0.3) is 0 Å². The molecule has 0 aliphatic rings. The number of aliphatic hydroxyl groups is 1. The molecule has 118 valence electrons. The third-order valence-corrected chi connectivity index (χ3v) is 3.76. The second-order valence-electron chi connectivity index (χ2n) is 6.90. The second-order valence-corrected chi connectivity index (χ2v) is 6.90. The summed E-state index contributed by atoms with van der Waals surface area (Å²) in [5, 5.41) is 9.24. The summed E-state index contributed by atoms with van der Waals surface area (Å²) in [6.45, 7) is 8.95. The van der Waals surface area contributed by atoms with Gasteiger partial charge in [0.25, 0.3) is 0 Å². The van der Waals surface area contributed by atoms with Gasteiger partial charge in [-0.3, -0.25) is 4.79 Å². The minimum Gasteiger partial charge on any atom is -0.393 e. The SMILES string of the molecule is C[C@@H](O)CCN(C)C(=O)CCc1ccc(C(C)(C)C)cc1. The third kappa shape index (κ3) is 6.30. The summed E-state index contributed by atoms with van der Waals surface area (Å²) in [7, 11) is 1.80. The van der Waals surface area contributed by atoms with E-state index in [9.17, 15) is 9.90 Å². The predicted molar refractivity (Wildman–Crippen MR) is 87.4 cm³/mol. The smallest absolute Gasteiger partial charge is 0.222 e. The van der Waals surface area contributed by atoms with E-state index in [1.807, 2.05) is 0 Å². The fourth-order valence-corrected chi connectivity index (χ4v) is 2.12. The average Bonchev–Trinajstić information content (AvgIpc) is 2.41. The van der Waals surface area contributed by atoms with Gasteiger partial charge in [0.1, 0.15) is 0 Å². The Hall–Kier alpha value is -1.35. The Morgan fingerprint density at radius 2 is 1.81 bits per heavy atom. The number of rotatable bonds is 6. The molecule has 0 unspecified atom stereocenters. The van der Waals surface area contributed by atoms with Crippen LogP contribution in [0.2, 0.25) is 0 Å². The van der Waals surface area contributed by atoms with Crippen LogP contribution in [0.5, 0.6) is 0 Å². The Labute approximate surface area is 129 Å². The van der Waals surface area contributed by atoms with Crippen molar-refractivity contribution in [2.75, 3.05) is 13.6 Å². The molecular weight excluding hydrogens is 262 g/mol. The van der Waals surface area contributed by atoms with E-state index < -0.39 is 0 Å². The lowest BCUT2D eigenvalue weighted by atomic mass is 9.86. The van der Waals surface area contributed by atoms with Crippen LogP contribution in [-0.4, -0.2) is 35.6 Å². The molecule has 1 rings (SSSR count). The molecule has 0 bridgehead atoms. The zero-order valence-corrected chi connectivity index (χ0v) is 14.0. The predicted octanol–water partition coefficient (Wildman–Crippen LogP) is 3.15. The van der Waals surface area contributed by atoms with E-state index in [0.29, 0.717) is 19.4 Å². The first kappa shape index (κ1) is 17.7. The van der Waals surface area contributed by atoms with Crippen molar-refractivity contribution in [3.05, 3.63) is 35.4 Å². The molecule has 1 aromatic carbocycles. The molecule has 0 fully saturated rings. The molecule has 1 aromatic rings. The Kier molecular flexibility index (Phi) is 6.41. The Bertz CT molecular complexity index is 443. The first-order valence-electron chi connectivity index (χ1n) is 7.71. The normalized spacial score (nSPS) is 13.0. The minimum absolute atomic E-state index is 0.135. The maximum absolute atomic E-state index is 12.0. The van der Waals surface area contributed by atoms with Gasteiger partial charge in [-0.2, -0.15) is 0 Å². The van der Waals surface area contributed by atoms with Crippen molar-refractivity contribution in [3.63, 3.8) is 0 Å². The number of amides is 1. The molecule has 0 aliphatic heterocycles. The largest absolute Gasteiger partial charge is 0.393 e. The van der Waals surface area contributed by atoms with Crippen LogP contribution < -0.4 is 0 Å². The van der Waals surface area contributed by atoms with Crippen molar-refractivity contribution >= 4 is 5.91 Å². The highest BCUT2D eigenvalue weighted by Gasteiger charge is 2.13. The van der Waals surface area contributed by atoms with Crippen molar-refractivity contribution in [1.82, 2.24) is 4.90 Å². The van der Waals surface area contributed by atoms with Gasteiger partial charge in [-0.05, 0) is 36.3 Å². The minimum atomic E-state index is -0.356. The van der Waals surface area contributed by atoms with Crippen LogP contribution in [0.4, 0.5) is 0 Å². The number of carbonyl (C=O) groups is 1. The number of aryl methyl sites for hydroxylation is 1. The lowest BCUT2D eigenvalue weighted by Crippen LogP contribution is -2.29. The van der Waals surface area contributed by atoms with Crippen LogP contribution in [0.1, 0.15) is 51.7 Å². The Morgan fingerprint density at radius 1 is 1.24 bits per heavy atom. The highest BCUT2D eigenvalue weighted by Crippen LogP contribution is 2.22. The van der Waals surface area contributed by atoms with Crippen molar-refractivity contribution in [2.45, 2.75) is 58.5 Å². The van der Waals surface area contributed by atoms with Crippen LogP contribution in [-0.2, 0) is 16.6 Å². The maximum Gasteiger partial charge on any atom is 0.222 e. The van der Waals surface area contributed by atoms with Gasteiger partial charge >= 0.3 is 0 Å². The van der Waals surface area contributed by atoms with Crippen molar-refractivity contribution < 1.29 is 9.90 Å². The first-order valence-corrected chi connectivity index (χ1v) is 7.71. The lowest BCUT2D eigenvalue weighted by molar-refractivity contribution is -0.130. The molecule has 0 heterocycles. The highest BCUT2D eigenvalue weighted by atomic mass is 16.3. The Morgan fingerprint density at radius 3 is 2.29 bits per heavy atom. The van der Waals surface area contributed by atoms with E-state index >= 15 is 0 Å². The number of nitrogens with zero attached hydrogens (tertiary/aromatic N) is 1. The Balaban J connectivity index is 2.46. The van der Waals surface area contributed by atoms with Gasteiger partial charge in [-0.1, -0.05) is 45.0 Å². The summed E-state index contributed by atoms with van der Waals surface area (Å²) < 4.78 is 0. The maximum atomic E-state index is 12.0. The molecular formula is C18H29NO2. The summed E-state index contributed by atoms with van der Waals surface area (Å²) in [4.78, 5) is 13.7. The topological polar surface area (TPSA) is 40.5 Å². The molecule has 0 aromatic heterocycles. The summed E-state index contributed by atoms with van der Waals surface area (Å²) in [5.41, 5.74) is 2.67. The van der Waals surface area contributed by atoms with Gasteiger partial charge in [0, 0.05) is 20.0 Å². The molecule has 0 saturated carbocycles. The van der Waals surface area contributed by atoms with E-state index in [1.165, 1.54) is 11.1 Å². The zero-order chi connectivity index (χ0) is 16.0. The number of aliphatic hydroxyl groups excluding tert-OH is 1. The zero-order valence-electron chi connectivity index (χ0n) is 14.0. The molecule has 3 nitrogen and oxygen atoms in total. The van der Waals surface area contributed by atoms with E-state index in [2.05, 4.69) is 45.0 Å². The monoisotopic (exact) mass is 291 g/mol. The fourth-order valence-electron chi connectivity index (χ4n) is 2.12. The molecule has 1 atom stereocenters. The van der Waals surface area contributed by atoms with Crippen molar-refractivity contribution in [1.29, 1.82) is 0 Å². The van der Waals surface area contributed by atoms with Crippen LogP contribution >= 0.6 is 0 Å². The number of benzene rings is 1. The van der Waals surface area contributed by atoms with Crippen LogP contribution in [0, 0.1) is 0 Å². The number of carbonyl (C=O) groups excluding carboxylic acids is 1. The van der Waals surface area contributed by atoms with E-state index in [0.717, 1.165) is 6.42 Å². The molecule has 3 heteroatoms. The second kappa shape index (κ2) is 7.60. The quantitative estimate of drug-likeness (QED) is 0.874. The third-order valence-electron chi connectivity index (χ3n) is 3.76. The molecule has 21 heavy (non-hydrogen) atoms. The van der Waals surface area contributed by atoms with Gasteiger partial charge in [0.05, 0.1) is 6.10 Å². The molecule has 0 saturated heterocycles. The standard InChI is InChI=1S/C18H29NO2/c1-14(20)12-13-19(5)17(21)11-8-15-6-9-16(10-7-15)18(2,3)4/h6-7,9-10,14,20H,8,11-13H2,1-5H3/t14-/m1/s1. The van der Waals surface area contributed by atoms with Crippen LogP contribution in [0.3, 0.4) is 0 Å². The van der Waals surface area contributed by atoms with Crippen molar-refractivity contribution in [3.8, 4) is 0 Å². The summed E-state index contributed by atoms with van der Waals surface area (Å²) in [6.07, 6.45) is 1.56. The lowest BCUT2D eigenvalue weighted by Gasteiger charge is -2.20. The summed E-state index contributed by atoms with van der Waals surface area (Å²) in [5.74, 6) is 0.135. The summed E-state index contributed by atoms with van der Waals surface area (Å²) in [6, 6.07) is 8.53. The van der Waals surface area contributed by atoms with E-state index in [-0.39, 0.29) is 17.4 Å². The average molecular weight is 291 g/mol. The summed E-state index contributed by atoms with van der Waals surface area (Å²) >= 11 is 0. The number of hydrogen-bond donors (Lipinski definition) is 1. The van der Waals surface area contributed by atoms with Crippen molar-refractivity contribution in [2.24, 2.45) is 0 Å². The first-order chi connectivity index (χ1) is 9.70. The van der Waals surface area contributed by atoms with Gasteiger partial charge in [0.2, 0.25) is 5.91 Å².